The Labute approximate surface area is 188 Å². The fraction of sp³-hybridized carbons (Fsp3) is 0. The van der Waals surface area contributed by atoms with Crippen LogP contribution in [0.3, 0.4) is 0 Å². The number of nitrogens with zero attached hydrogens (tertiary/aromatic N) is 2. The molecule has 0 aliphatic carbocycles. The molecule has 0 aliphatic rings. The first kappa shape index (κ1) is 18.7. The third-order valence-electron chi connectivity index (χ3n) is 5.48. The summed E-state index contributed by atoms with van der Waals surface area (Å²) in [6.45, 7) is 0. The quantitative estimate of drug-likeness (QED) is 0.213. The number of benzene rings is 4. The second kappa shape index (κ2) is 7.53. The van der Waals surface area contributed by atoms with E-state index >= 15 is 0 Å². The van der Waals surface area contributed by atoms with E-state index in [1.165, 1.54) is 22.1 Å². The van der Waals surface area contributed by atoms with E-state index in [1.54, 1.807) is 0 Å². The normalized spacial score (nSPS) is 11.1. The molecule has 0 bridgehead atoms. The van der Waals surface area contributed by atoms with Gasteiger partial charge in [-0.25, -0.2) is 0 Å². The number of pyridine rings is 1. The van der Waals surface area contributed by atoms with Crippen LogP contribution in [0.25, 0.3) is 49.8 Å². The third kappa shape index (κ3) is 2.79. The van der Waals surface area contributed by atoms with Gasteiger partial charge < -0.3 is 4.40 Å². The molecule has 0 saturated carbocycles. The topological polar surface area (TPSA) is 17.3 Å². The molecule has 0 N–H and O–H groups in total. The van der Waals surface area contributed by atoms with Crippen LogP contribution in [-0.2, 0) is 20.1 Å². The maximum Gasteiger partial charge on any atom is 0.0774 e. The van der Waals surface area contributed by atoms with Crippen LogP contribution in [0, 0.1) is 6.07 Å². The summed E-state index contributed by atoms with van der Waals surface area (Å²) >= 11 is 0. The van der Waals surface area contributed by atoms with Crippen molar-refractivity contribution < 1.29 is 20.1 Å². The zero-order valence-corrected chi connectivity index (χ0v) is 18.4. The summed E-state index contributed by atoms with van der Waals surface area (Å²) in [6.07, 6.45) is 0. The summed E-state index contributed by atoms with van der Waals surface area (Å²) in [5.74, 6) is 0. The summed E-state index contributed by atoms with van der Waals surface area (Å²) < 4.78 is 2.30. The van der Waals surface area contributed by atoms with Crippen molar-refractivity contribution in [2.45, 2.75) is 0 Å². The van der Waals surface area contributed by atoms with E-state index in [-0.39, 0.29) is 20.1 Å². The summed E-state index contributed by atoms with van der Waals surface area (Å²) in [4.78, 5) is 5.00. The van der Waals surface area contributed by atoms with Crippen molar-refractivity contribution in [1.82, 2.24) is 9.38 Å². The number of hydrogen-bond acceptors (Lipinski definition) is 1. The molecule has 0 fully saturated rings. The van der Waals surface area contributed by atoms with Gasteiger partial charge in [0.15, 0.2) is 0 Å². The molecule has 6 rings (SSSR count). The van der Waals surface area contributed by atoms with Crippen LogP contribution >= 0.6 is 0 Å². The molecule has 3 heteroatoms. The van der Waals surface area contributed by atoms with Crippen LogP contribution in [0.2, 0.25) is 0 Å². The fourth-order valence-corrected chi connectivity index (χ4v) is 4.26. The van der Waals surface area contributed by atoms with Crippen molar-refractivity contribution in [3.8, 4) is 22.4 Å². The molecular formula is C27H17IrN2-. The van der Waals surface area contributed by atoms with Gasteiger partial charge in [-0.05, 0) is 28.8 Å². The van der Waals surface area contributed by atoms with E-state index in [4.69, 9.17) is 4.98 Å². The summed E-state index contributed by atoms with van der Waals surface area (Å²) in [6, 6.07) is 39.2. The van der Waals surface area contributed by atoms with Gasteiger partial charge in [0.1, 0.15) is 0 Å². The average molecular weight is 562 g/mol. The third-order valence-corrected chi connectivity index (χ3v) is 5.48. The number of hydrogen-bond donors (Lipinski definition) is 0. The molecule has 2 nitrogen and oxygen atoms in total. The molecule has 0 unspecified atom stereocenters. The van der Waals surface area contributed by atoms with Gasteiger partial charge in [-0.3, -0.25) is 4.98 Å². The molecule has 2 aromatic heterocycles. The second-order valence-corrected chi connectivity index (χ2v) is 7.17. The number of imidazole rings is 1. The van der Waals surface area contributed by atoms with Crippen molar-refractivity contribution in [2.24, 2.45) is 0 Å². The van der Waals surface area contributed by atoms with Gasteiger partial charge in [-0.1, -0.05) is 78.2 Å². The first-order valence-electron chi connectivity index (χ1n) is 9.76. The van der Waals surface area contributed by atoms with Crippen LogP contribution < -0.4 is 0 Å². The van der Waals surface area contributed by atoms with E-state index < -0.39 is 0 Å². The Balaban J connectivity index is 0.00000193. The zero-order chi connectivity index (χ0) is 19.2. The molecule has 2 heterocycles. The van der Waals surface area contributed by atoms with Gasteiger partial charge in [0.2, 0.25) is 0 Å². The molecule has 145 valence electrons. The Bertz CT molecular complexity index is 1490. The Morgan fingerprint density at radius 2 is 1.33 bits per heavy atom. The predicted molar refractivity (Wildman–Crippen MR) is 120 cm³/mol. The fourth-order valence-electron chi connectivity index (χ4n) is 4.26. The second-order valence-electron chi connectivity index (χ2n) is 7.17. The maximum absolute atomic E-state index is 5.00. The molecule has 30 heavy (non-hydrogen) atoms. The molecule has 0 amide bonds. The van der Waals surface area contributed by atoms with Crippen LogP contribution in [-0.4, -0.2) is 9.38 Å². The van der Waals surface area contributed by atoms with Crippen LogP contribution in [0.5, 0.6) is 0 Å². The van der Waals surface area contributed by atoms with Crippen LogP contribution in [0.1, 0.15) is 0 Å². The first-order valence-corrected chi connectivity index (χ1v) is 9.76. The number of aromatic nitrogens is 2. The standard InChI is InChI=1S/C27H17N2.Ir/c1-3-11-19(12-4-1)25-21-15-7-8-16-22(21)27-28-23-17-9-10-18-24(23)29(27)26(25)20-13-5-2-6-14-20;/h1-15,17-18H;/q-1;. The minimum absolute atomic E-state index is 0. The van der Waals surface area contributed by atoms with Crippen molar-refractivity contribution in [3.63, 3.8) is 0 Å². The minimum Gasteiger partial charge on any atom is -0.333 e. The van der Waals surface area contributed by atoms with E-state index in [1.807, 2.05) is 12.1 Å². The monoisotopic (exact) mass is 562 g/mol. The molecule has 1 radical (unpaired) electrons. The van der Waals surface area contributed by atoms with Gasteiger partial charge in [0, 0.05) is 25.8 Å². The van der Waals surface area contributed by atoms with Gasteiger partial charge in [-0.2, -0.15) is 0 Å². The van der Waals surface area contributed by atoms with E-state index in [0.29, 0.717) is 0 Å². The molecule has 0 aliphatic heterocycles. The first-order chi connectivity index (χ1) is 14.4. The molecule has 6 aromatic rings. The van der Waals surface area contributed by atoms with E-state index in [0.717, 1.165) is 27.8 Å². The number of rotatable bonds is 2. The zero-order valence-electron chi connectivity index (χ0n) is 16.0. The Hall–Kier alpha value is -3.26. The molecule has 0 spiro atoms. The van der Waals surface area contributed by atoms with E-state index in [9.17, 15) is 0 Å². The Morgan fingerprint density at radius 1 is 0.667 bits per heavy atom. The summed E-state index contributed by atoms with van der Waals surface area (Å²) in [5.41, 5.74) is 7.78. The smallest absolute Gasteiger partial charge is 0.0774 e. The van der Waals surface area contributed by atoms with Crippen molar-refractivity contribution >= 4 is 27.5 Å². The summed E-state index contributed by atoms with van der Waals surface area (Å²) in [7, 11) is 0. The molecule has 0 saturated heterocycles. The summed E-state index contributed by atoms with van der Waals surface area (Å²) in [5, 5.41) is 2.21. The Kier molecular flexibility index (Phi) is 4.71. The van der Waals surface area contributed by atoms with E-state index in [2.05, 4.69) is 101 Å². The van der Waals surface area contributed by atoms with Gasteiger partial charge in [0.25, 0.3) is 0 Å². The maximum atomic E-state index is 5.00. The largest absolute Gasteiger partial charge is 0.333 e. The SMILES string of the molecule is [Ir].[c-]1cccc2c(-c3ccccc3)c(-c3ccccc3)n3c4ccccc4nc3c12. The van der Waals surface area contributed by atoms with Crippen molar-refractivity contribution in [3.05, 3.63) is 109 Å². The van der Waals surface area contributed by atoms with Crippen LogP contribution in [0.4, 0.5) is 0 Å². The minimum atomic E-state index is 0. The van der Waals surface area contributed by atoms with Gasteiger partial charge >= 0.3 is 0 Å². The van der Waals surface area contributed by atoms with Gasteiger partial charge in [0.05, 0.1) is 16.7 Å². The number of para-hydroxylation sites is 2. The predicted octanol–water partition coefficient (Wildman–Crippen LogP) is 6.77. The van der Waals surface area contributed by atoms with Crippen molar-refractivity contribution in [2.75, 3.05) is 0 Å². The average Bonchev–Trinajstić information content (AvgIpc) is 3.19. The molecule has 4 aromatic carbocycles. The van der Waals surface area contributed by atoms with Gasteiger partial charge in [-0.15, -0.1) is 29.7 Å². The molecular weight excluding hydrogens is 545 g/mol. The van der Waals surface area contributed by atoms with Crippen LogP contribution in [0.15, 0.2) is 103 Å². The Morgan fingerprint density at radius 3 is 2.10 bits per heavy atom. The number of fused-ring (bicyclic) bond motifs is 5. The molecule has 0 atom stereocenters. The van der Waals surface area contributed by atoms with Crippen molar-refractivity contribution in [1.29, 1.82) is 0 Å².